The van der Waals surface area contributed by atoms with E-state index >= 15 is 0 Å². The molecule has 4 aromatic heterocycles. The van der Waals surface area contributed by atoms with Gasteiger partial charge in [0.05, 0.1) is 23.9 Å². The molecule has 3 amide bonds. The molecule has 4 N–H and O–H groups in total. The molecule has 5 aromatic carbocycles. The highest BCUT2D eigenvalue weighted by Crippen LogP contribution is 2.27. The second-order valence-electron chi connectivity index (χ2n) is 17.9. The number of benzene rings is 5. The van der Waals surface area contributed by atoms with Crippen molar-refractivity contribution in [3.63, 3.8) is 0 Å². The summed E-state index contributed by atoms with van der Waals surface area (Å²) in [5, 5.41) is 9.32. The number of anilines is 3. The molecule has 16 nitrogen and oxygen atoms in total. The van der Waals surface area contributed by atoms with Crippen LogP contribution >= 0.6 is 0 Å². The topological polar surface area (TPSA) is 205 Å². The Labute approximate surface area is 447 Å². The monoisotopic (exact) mass is 1050 g/mol. The first-order valence-corrected chi connectivity index (χ1v) is 24.5. The fraction of sp³-hybridized carbons (Fsp3) is 0.150. The van der Waals surface area contributed by atoms with Crippen molar-refractivity contribution in [2.75, 3.05) is 16.0 Å². The normalized spacial score (nSPS) is 13.1. The Hall–Kier alpha value is -9.81. The molecule has 5 heterocycles. The molecule has 10 rings (SSSR count). The van der Waals surface area contributed by atoms with Crippen molar-refractivity contribution in [3.8, 4) is 17.2 Å². The second kappa shape index (κ2) is 26.6. The maximum atomic E-state index is 13.6. The Morgan fingerprint density at radius 1 is 0.603 bits per heavy atom. The predicted octanol–water partition coefficient (Wildman–Crippen LogP) is 11.2. The zero-order valence-corrected chi connectivity index (χ0v) is 42.4. The van der Waals surface area contributed by atoms with E-state index in [0.29, 0.717) is 59.7 Å². The fourth-order valence-electron chi connectivity index (χ4n) is 7.70. The third-order valence-corrected chi connectivity index (χ3v) is 11.3. The first-order chi connectivity index (χ1) is 37.8. The van der Waals surface area contributed by atoms with Gasteiger partial charge in [-0.25, -0.2) is 13.6 Å². The van der Waals surface area contributed by atoms with Crippen molar-refractivity contribution >= 4 is 51.7 Å². The molecule has 0 spiro atoms. The zero-order chi connectivity index (χ0) is 54.7. The van der Waals surface area contributed by atoms with Gasteiger partial charge in [0.25, 0.3) is 5.91 Å². The van der Waals surface area contributed by atoms with Gasteiger partial charge in [-0.2, -0.15) is 0 Å². The largest absolute Gasteiger partial charge is 0.489 e. The van der Waals surface area contributed by atoms with Gasteiger partial charge in [0.2, 0.25) is 17.6 Å². The molecule has 1 aliphatic heterocycles. The Morgan fingerprint density at radius 2 is 1.12 bits per heavy atom. The van der Waals surface area contributed by atoms with Crippen molar-refractivity contribution in [2.24, 2.45) is 0 Å². The van der Waals surface area contributed by atoms with Gasteiger partial charge < -0.3 is 44.6 Å². The van der Waals surface area contributed by atoms with E-state index in [1.807, 2.05) is 85.1 Å². The highest BCUT2D eigenvalue weighted by molar-refractivity contribution is 6.12. The molecular weight excluding hydrogens is 1000 g/mol. The Bertz CT molecular complexity index is 3460. The maximum absolute atomic E-state index is 13.6. The van der Waals surface area contributed by atoms with Gasteiger partial charge in [-0.3, -0.25) is 29.3 Å². The number of ether oxygens (including phenoxy) is 5. The van der Waals surface area contributed by atoms with Crippen molar-refractivity contribution in [2.45, 2.75) is 58.4 Å². The van der Waals surface area contributed by atoms with Crippen LogP contribution in [-0.4, -0.2) is 55.5 Å². The summed E-state index contributed by atoms with van der Waals surface area (Å²) in [6, 6.07) is 43.2. The molecule has 0 radical (unpaired) electrons. The van der Waals surface area contributed by atoms with Crippen LogP contribution in [0, 0.1) is 11.6 Å². The van der Waals surface area contributed by atoms with Crippen LogP contribution in [0.1, 0.15) is 52.9 Å². The number of aromatic amines is 1. The van der Waals surface area contributed by atoms with Crippen LogP contribution in [0.25, 0.3) is 10.9 Å². The number of carbonyl (C=O) groups is 4. The number of halogens is 2. The van der Waals surface area contributed by atoms with E-state index in [2.05, 4.69) is 35.9 Å². The van der Waals surface area contributed by atoms with Crippen LogP contribution < -0.4 is 30.2 Å². The highest BCUT2D eigenvalue weighted by atomic mass is 19.1. The van der Waals surface area contributed by atoms with Crippen LogP contribution in [-0.2, 0) is 50.1 Å². The predicted molar refractivity (Wildman–Crippen MR) is 288 cm³/mol. The van der Waals surface area contributed by atoms with Gasteiger partial charge in [-0.1, -0.05) is 48.5 Å². The van der Waals surface area contributed by atoms with E-state index < -0.39 is 35.4 Å². The van der Waals surface area contributed by atoms with Crippen LogP contribution in [0.3, 0.4) is 0 Å². The van der Waals surface area contributed by atoms with Gasteiger partial charge >= 0.3 is 5.97 Å². The molecule has 1 saturated heterocycles. The van der Waals surface area contributed by atoms with Crippen molar-refractivity contribution in [3.05, 3.63) is 234 Å². The molecule has 1 fully saturated rings. The van der Waals surface area contributed by atoms with Crippen LogP contribution in [0.15, 0.2) is 195 Å². The summed E-state index contributed by atoms with van der Waals surface area (Å²) >= 11 is 0. The summed E-state index contributed by atoms with van der Waals surface area (Å²) in [4.78, 5) is 63.8. The number of aromatic nitrogens is 4. The molecule has 1 atom stereocenters. The Balaban J connectivity index is 0.000000154. The highest BCUT2D eigenvalue weighted by Gasteiger charge is 2.42. The minimum absolute atomic E-state index is 0.00600. The molecule has 0 bridgehead atoms. The third kappa shape index (κ3) is 16.6. The molecule has 396 valence electrons. The van der Waals surface area contributed by atoms with Gasteiger partial charge in [-0.15, -0.1) is 0 Å². The van der Waals surface area contributed by atoms with Gasteiger partial charge in [0.15, 0.2) is 6.10 Å². The van der Waals surface area contributed by atoms with E-state index in [1.54, 1.807) is 106 Å². The molecule has 0 unspecified atom stereocenters. The number of fused-ring (bicyclic) bond motifs is 1. The lowest BCUT2D eigenvalue weighted by atomic mass is 10.1. The fourth-order valence-corrected chi connectivity index (χ4v) is 7.70. The number of nitrogens with one attached hydrogen (secondary N) is 4. The summed E-state index contributed by atoms with van der Waals surface area (Å²) in [5.74, 6) is -1.80. The molecule has 1 aliphatic rings. The lowest BCUT2D eigenvalue weighted by Crippen LogP contribution is -2.26. The molecule has 78 heavy (non-hydrogen) atoms. The van der Waals surface area contributed by atoms with Gasteiger partial charge in [0.1, 0.15) is 48.7 Å². The lowest BCUT2D eigenvalue weighted by molar-refractivity contribution is -0.160. The Morgan fingerprint density at radius 3 is 1.62 bits per heavy atom. The lowest BCUT2D eigenvalue weighted by Gasteiger charge is -2.15. The first-order valence-electron chi connectivity index (χ1n) is 24.5. The number of pyridine rings is 3. The number of carbonyl (C=O) groups excluding carboxylic acids is 4. The van der Waals surface area contributed by atoms with Crippen LogP contribution in [0.5, 0.6) is 17.2 Å². The number of para-hydroxylation sites is 1. The molecule has 9 aromatic rings. The average molecular weight is 1050 g/mol. The number of H-pyrrole nitrogens is 1. The number of rotatable bonds is 17. The SMILES string of the molecule is CC1(C)OC(=O)[C@H](CC(=O)Nc2cccc(OCc3cccnc3)c2)O1.O=C(Cc1cc(F)ccc1F)Nc1cccc(OCc2cccnc2)c1.O=C(Nc1cccc(OCc2cccnc2)c1)c1cccc2cc[nH]c12. The summed E-state index contributed by atoms with van der Waals surface area (Å²) in [6.45, 7) is 4.41. The minimum Gasteiger partial charge on any atom is -0.489 e. The number of esters is 1. The minimum atomic E-state index is -0.998. The number of hydrogen-bond acceptors (Lipinski definition) is 12. The van der Waals surface area contributed by atoms with Gasteiger partial charge in [-0.05, 0) is 84.9 Å². The summed E-state index contributed by atoms with van der Waals surface area (Å²) in [5.41, 5.74) is 6.06. The number of cyclic esters (lactones) is 1. The molecule has 18 heteroatoms. The average Bonchev–Trinajstić information content (AvgIpc) is 4.07. The first kappa shape index (κ1) is 54.5. The number of amides is 3. The summed E-state index contributed by atoms with van der Waals surface area (Å²) < 4.78 is 54.4. The maximum Gasteiger partial charge on any atom is 0.338 e. The molecule has 0 saturated carbocycles. The number of hydrogen-bond donors (Lipinski definition) is 4. The Kier molecular flexibility index (Phi) is 18.6. The number of nitrogens with zero attached hydrogens (tertiary/aromatic N) is 3. The third-order valence-electron chi connectivity index (χ3n) is 11.3. The molecular formula is C60H53F2N7O9. The standard InChI is InChI=1S/C21H17N3O2.C20H16F2N2O2.C19H20N2O5/c25-21(19-8-1-5-16-9-11-23-20(16)19)24-17-6-2-7-18(12-17)26-14-15-4-3-10-22-13-15;21-16-6-7-19(22)15(9-16)10-20(25)24-17-4-1-5-18(11-17)26-13-14-3-2-8-23-12-14;1-19(2)25-16(18(23)26-19)10-17(22)21-14-6-3-7-15(9-14)24-12-13-5-4-8-20-11-13/h1-13,23H,14H2,(H,24,25);1-9,11-12H,10,13H2,(H,24,25);3-9,11,16H,10,12H2,1-2H3,(H,21,22)/t;;16-/m..0/s1. The van der Waals surface area contributed by atoms with Crippen LogP contribution in [0.4, 0.5) is 25.8 Å². The van der Waals surface area contributed by atoms with E-state index in [-0.39, 0.29) is 30.2 Å². The summed E-state index contributed by atoms with van der Waals surface area (Å²) in [7, 11) is 0. The van der Waals surface area contributed by atoms with Crippen molar-refractivity contribution < 1.29 is 51.6 Å². The van der Waals surface area contributed by atoms with E-state index in [9.17, 15) is 28.0 Å². The van der Waals surface area contributed by atoms with Gasteiger partial charge in [0, 0.05) is 120 Å². The van der Waals surface area contributed by atoms with E-state index in [1.165, 1.54) is 0 Å². The smallest absolute Gasteiger partial charge is 0.338 e. The second-order valence-corrected chi connectivity index (χ2v) is 17.9. The van der Waals surface area contributed by atoms with Crippen molar-refractivity contribution in [1.29, 1.82) is 0 Å². The quantitative estimate of drug-likeness (QED) is 0.0629. The van der Waals surface area contributed by atoms with Crippen molar-refractivity contribution in [1.82, 2.24) is 19.9 Å². The van der Waals surface area contributed by atoms with E-state index in [0.717, 1.165) is 45.8 Å². The molecule has 0 aliphatic carbocycles. The van der Waals surface area contributed by atoms with E-state index in [4.69, 9.17) is 23.7 Å². The summed E-state index contributed by atoms with van der Waals surface area (Å²) in [6.07, 6.45) is 10.9. The zero-order valence-electron chi connectivity index (χ0n) is 42.4. The van der Waals surface area contributed by atoms with Crippen LogP contribution in [0.2, 0.25) is 0 Å².